The molecule has 2 amide bonds. The van der Waals surface area contributed by atoms with E-state index in [9.17, 15) is 14.7 Å². The number of hydrogen-bond donors (Lipinski definition) is 3. The minimum absolute atomic E-state index is 0. The average molecular weight is 186 g/mol. The van der Waals surface area contributed by atoms with Gasteiger partial charge in [-0.3, -0.25) is 0 Å². The van der Waals surface area contributed by atoms with E-state index in [0.29, 0.717) is 0 Å². The Balaban J connectivity index is 0. The summed E-state index contributed by atoms with van der Waals surface area (Å²) in [6.07, 6.45) is 0. The molecule has 4 N–H and O–H groups in total. The molecule has 0 saturated carbocycles. The van der Waals surface area contributed by atoms with E-state index in [2.05, 4.69) is 5.73 Å². The fourth-order valence-corrected chi connectivity index (χ4v) is 0.351. The van der Waals surface area contributed by atoms with Crippen molar-refractivity contribution in [3.05, 3.63) is 0 Å². The van der Waals surface area contributed by atoms with Crippen LogP contribution in [-0.4, -0.2) is 29.8 Å². The predicted octanol–water partition coefficient (Wildman–Crippen LogP) is -6.23. The number of carboxylic acid groups (broad SMARTS) is 1. The van der Waals surface area contributed by atoms with Gasteiger partial charge in [0.05, 0.1) is 18.6 Å². The van der Waals surface area contributed by atoms with Crippen molar-refractivity contribution in [1.29, 1.82) is 0 Å². The number of amides is 2. The van der Waals surface area contributed by atoms with Gasteiger partial charge < -0.3 is 26.1 Å². The van der Waals surface area contributed by atoms with Crippen LogP contribution in [0.5, 0.6) is 0 Å². The van der Waals surface area contributed by atoms with Crippen LogP contribution in [-0.2, 0) is 4.79 Å². The quantitative estimate of drug-likeness (QED) is 0.380. The Morgan fingerprint density at radius 3 is 2.18 bits per heavy atom. The first-order chi connectivity index (χ1) is 4.57. The van der Waals surface area contributed by atoms with E-state index >= 15 is 0 Å². The zero-order valence-corrected chi connectivity index (χ0v) is 9.16. The Morgan fingerprint density at radius 1 is 1.64 bits per heavy atom. The summed E-state index contributed by atoms with van der Waals surface area (Å²) in [5, 5.41) is 19.9. The van der Waals surface area contributed by atoms with Gasteiger partial charge in [0, 0.05) is 0 Å². The largest absolute Gasteiger partial charge is 1.00 e. The molecule has 0 aliphatic carbocycles. The Kier molecular flexibility index (Phi) is 8.86. The van der Waals surface area contributed by atoms with E-state index in [0.717, 1.165) is 0 Å². The van der Waals surface area contributed by atoms with E-state index in [-0.39, 0.29) is 51.4 Å². The molecule has 11 heavy (non-hydrogen) atoms. The molecule has 1 unspecified atom stereocenters. The van der Waals surface area contributed by atoms with Gasteiger partial charge in [-0.05, 0) is 0 Å². The van der Waals surface area contributed by atoms with Crippen molar-refractivity contribution in [1.82, 2.24) is 5.32 Å². The topological polar surface area (TPSA) is 115 Å². The molecule has 0 aromatic rings. The fourth-order valence-electron chi connectivity index (χ4n) is 0.351. The number of aliphatic carboxylic acids is 1. The maximum atomic E-state index is 9.98. The maximum absolute atomic E-state index is 9.98. The van der Waals surface area contributed by atoms with Crippen LogP contribution in [0.25, 0.3) is 0 Å². The fraction of sp³-hybridized carbons (Fsp3) is 0.500. The molecule has 1 atom stereocenters. The maximum Gasteiger partial charge on any atom is 1.00 e. The first kappa shape index (κ1) is 13.9. The van der Waals surface area contributed by atoms with Crippen LogP contribution in [0.15, 0.2) is 0 Å². The van der Waals surface area contributed by atoms with Crippen LogP contribution in [0.3, 0.4) is 0 Å². The summed E-state index contributed by atoms with van der Waals surface area (Å²) in [5.74, 6) is -1.57. The summed E-state index contributed by atoms with van der Waals surface area (Å²) in [4.78, 5) is 19.9. The zero-order valence-electron chi connectivity index (χ0n) is 6.03. The van der Waals surface area contributed by atoms with Gasteiger partial charge in [-0.25, -0.2) is 4.79 Å². The molecule has 0 aliphatic rings. The number of aliphatic hydroxyl groups is 1. The summed E-state index contributed by atoms with van der Waals surface area (Å²) in [6.45, 7) is -0.731. The molecule has 0 radical (unpaired) electrons. The molecular formula is C4H7KN2O4. The molecule has 0 heterocycles. The van der Waals surface area contributed by atoms with E-state index in [4.69, 9.17) is 5.11 Å². The molecule has 6 nitrogen and oxygen atoms in total. The van der Waals surface area contributed by atoms with Crippen molar-refractivity contribution in [3.8, 4) is 0 Å². The van der Waals surface area contributed by atoms with Gasteiger partial charge in [-0.1, -0.05) is 0 Å². The molecule has 58 valence electrons. The molecule has 0 fully saturated rings. The van der Waals surface area contributed by atoms with Crippen LogP contribution < -0.4 is 67.5 Å². The van der Waals surface area contributed by atoms with Crippen LogP contribution >= 0.6 is 0 Å². The van der Waals surface area contributed by atoms with Crippen LogP contribution in [0, 0.1) is 0 Å². The Labute approximate surface area is 106 Å². The number of hydrogen-bond acceptors (Lipinski definition) is 4. The van der Waals surface area contributed by atoms with Crippen LogP contribution in [0.1, 0.15) is 0 Å². The van der Waals surface area contributed by atoms with Gasteiger partial charge in [-0.15, -0.1) is 0 Å². The van der Waals surface area contributed by atoms with Crippen LogP contribution in [0.2, 0.25) is 0 Å². The second-order valence-corrected chi connectivity index (χ2v) is 1.56. The molecule has 0 aromatic heterocycles. The number of urea groups is 1. The number of carbonyl (C=O) groups excluding carboxylic acids is 2. The molecule has 0 rings (SSSR count). The van der Waals surface area contributed by atoms with Crippen LogP contribution in [0.4, 0.5) is 4.79 Å². The molecule has 0 aromatic carbocycles. The number of nitrogens with one attached hydrogen (secondary N) is 1. The summed E-state index contributed by atoms with van der Waals surface area (Å²) in [5.41, 5.74) is 4.55. The van der Waals surface area contributed by atoms with E-state index in [1.807, 2.05) is 0 Å². The standard InChI is InChI=1S/C4H8N2O4.K/c5-4(10)6-2(1-7)3(8)9;/h2,7H,1H2,(H,8,9)(H3,5,6,10);/q;+1/p-1. The third kappa shape index (κ3) is 6.72. The third-order valence-corrected chi connectivity index (χ3v) is 0.784. The zero-order chi connectivity index (χ0) is 8.15. The third-order valence-electron chi connectivity index (χ3n) is 0.784. The second kappa shape index (κ2) is 7.01. The smallest absolute Gasteiger partial charge is 0.548 e. The van der Waals surface area contributed by atoms with Crippen molar-refractivity contribution in [2.75, 3.05) is 6.61 Å². The monoisotopic (exact) mass is 186 g/mol. The minimum Gasteiger partial charge on any atom is -0.548 e. The molecule has 0 spiro atoms. The van der Waals surface area contributed by atoms with E-state index < -0.39 is 24.6 Å². The number of aliphatic hydroxyl groups excluding tert-OH is 1. The Morgan fingerprint density at radius 2 is 2.09 bits per heavy atom. The first-order valence-corrected chi connectivity index (χ1v) is 2.45. The number of nitrogens with two attached hydrogens (primary N) is 1. The van der Waals surface area contributed by atoms with Gasteiger partial charge >= 0.3 is 57.4 Å². The first-order valence-electron chi connectivity index (χ1n) is 2.45. The number of primary amides is 1. The SMILES string of the molecule is NC(=O)NC(CO)C(=O)[O-].[K+]. The minimum atomic E-state index is -1.57. The van der Waals surface area contributed by atoms with Crippen molar-refractivity contribution in [2.24, 2.45) is 5.73 Å². The van der Waals surface area contributed by atoms with Crippen molar-refractivity contribution < 1.29 is 71.2 Å². The normalized spacial score (nSPS) is 11.0. The molecule has 7 heteroatoms. The molecule has 0 aliphatic heterocycles. The van der Waals surface area contributed by atoms with Crippen molar-refractivity contribution >= 4 is 12.0 Å². The molecule has 0 bridgehead atoms. The van der Waals surface area contributed by atoms with Gasteiger partial charge in [0.2, 0.25) is 0 Å². The number of rotatable bonds is 3. The Bertz CT molecular complexity index is 151. The van der Waals surface area contributed by atoms with Gasteiger partial charge in [0.25, 0.3) is 0 Å². The molecular weight excluding hydrogens is 179 g/mol. The summed E-state index contributed by atoms with van der Waals surface area (Å²) >= 11 is 0. The predicted molar refractivity (Wildman–Crippen MR) is 28.6 cm³/mol. The Hall–Kier alpha value is 0.336. The van der Waals surface area contributed by atoms with Gasteiger partial charge in [0.15, 0.2) is 0 Å². The summed E-state index contributed by atoms with van der Waals surface area (Å²) in [7, 11) is 0. The summed E-state index contributed by atoms with van der Waals surface area (Å²) < 4.78 is 0. The van der Waals surface area contributed by atoms with Crippen molar-refractivity contribution in [2.45, 2.75) is 6.04 Å². The van der Waals surface area contributed by atoms with Crippen molar-refractivity contribution in [3.63, 3.8) is 0 Å². The van der Waals surface area contributed by atoms with E-state index in [1.165, 1.54) is 0 Å². The average Bonchev–Trinajstić information content (AvgIpc) is 1.81. The summed E-state index contributed by atoms with van der Waals surface area (Å²) in [6, 6.07) is -2.43. The van der Waals surface area contributed by atoms with Gasteiger partial charge in [0.1, 0.15) is 0 Å². The number of carboxylic acids is 1. The van der Waals surface area contributed by atoms with E-state index in [1.54, 1.807) is 5.32 Å². The second-order valence-electron chi connectivity index (χ2n) is 1.56. The van der Waals surface area contributed by atoms with Gasteiger partial charge in [-0.2, -0.15) is 0 Å². The molecule has 0 saturated heterocycles. The number of carbonyl (C=O) groups is 2.